The summed E-state index contributed by atoms with van der Waals surface area (Å²) in [5, 5.41) is 10.5. The van der Waals surface area contributed by atoms with Gasteiger partial charge in [0, 0.05) is 19.0 Å². The highest BCUT2D eigenvalue weighted by Crippen LogP contribution is 2.28. The minimum Gasteiger partial charge on any atom is -0.349 e. The molecule has 0 aliphatic carbocycles. The van der Waals surface area contributed by atoms with Crippen molar-refractivity contribution in [1.82, 2.24) is 19.9 Å². The number of nitrogens with one attached hydrogen (secondary N) is 1. The third-order valence-electron chi connectivity index (χ3n) is 5.35. The van der Waals surface area contributed by atoms with Gasteiger partial charge in [0.25, 0.3) is 0 Å². The van der Waals surface area contributed by atoms with Crippen LogP contribution in [0.2, 0.25) is 0 Å². The van der Waals surface area contributed by atoms with Crippen LogP contribution in [0.1, 0.15) is 31.4 Å². The van der Waals surface area contributed by atoms with Crippen molar-refractivity contribution in [3.8, 4) is 0 Å². The lowest BCUT2D eigenvalue weighted by atomic mass is 9.96. The summed E-state index contributed by atoms with van der Waals surface area (Å²) >= 11 is 0. The molecule has 2 aromatic carbocycles. The largest absolute Gasteiger partial charge is 0.349 e. The lowest BCUT2D eigenvalue weighted by molar-refractivity contribution is -0.126. The van der Waals surface area contributed by atoms with E-state index in [0.29, 0.717) is 18.4 Å². The van der Waals surface area contributed by atoms with E-state index in [1.54, 1.807) is 12.1 Å². The first kappa shape index (κ1) is 19.5. The predicted molar refractivity (Wildman–Crippen MR) is 106 cm³/mol. The molecule has 1 aliphatic rings. The van der Waals surface area contributed by atoms with E-state index >= 15 is 0 Å². The molecule has 152 valence electrons. The summed E-state index contributed by atoms with van der Waals surface area (Å²) in [5.41, 5.74) is 1.66. The molecule has 8 nitrogen and oxygen atoms in total. The number of fused-ring (bicyclic) bond motifs is 1. The first-order valence-corrected chi connectivity index (χ1v) is 11.0. The van der Waals surface area contributed by atoms with Crippen LogP contribution in [0.3, 0.4) is 0 Å². The molecule has 2 heterocycles. The monoisotopic (exact) mass is 414 g/mol. The summed E-state index contributed by atoms with van der Waals surface area (Å²) < 4.78 is 32.2. The number of hydrogen-bond acceptors (Lipinski definition) is 6. The van der Waals surface area contributed by atoms with Crippen LogP contribution in [0.15, 0.2) is 58.1 Å². The van der Waals surface area contributed by atoms with Crippen LogP contribution in [0.25, 0.3) is 11.0 Å². The molecule has 0 bridgehead atoms. The van der Waals surface area contributed by atoms with E-state index in [4.69, 9.17) is 0 Å². The molecule has 3 aromatic rings. The maximum Gasteiger partial charge on any atom is 0.245 e. The maximum absolute atomic E-state index is 13.1. The van der Waals surface area contributed by atoms with Gasteiger partial charge in [0.1, 0.15) is 10.4 Å². The van der Waals surface area contributed by atoms with Crippen molar-refractivity contribution in [2.24, 2.45) is 5.92 Å². The van der Waals surface area contributed by atoms with Gasteiger partial charge in [0.05, 0.1) is 6.04 Å². The molecular weight excluding hydrogens is 392 g/mol. The fourth-order valence-corrected chi connectivity index (χ4v) is 5.25. The van der Waals surface area contributed by atoms with Gasteiger partial charge in [0.15, 0.2) is 5.52 Å². The Morgan fingerprint density at radius 3 is 2.55 bits per heavy atom. The summed E-state index contributed by atoms with van der Waals surface area (Å²) in [5.74, 6) is -0.252. The molecule has 0 saturated carbocycles. The Hall–Kier alpha value is -2.78. The zero-order chi connectivity index (χ0) is 20.4. The van der Waals surface area contributed by atoms with Crippen LogP contribution >= 0.6 is 0 Å². The van der Waals surface area contributed by atoms with Crippen molar-refractivity contribution < 1.29 is 17.8 Å². The van der Waals surface area contributed by atoms with Crippen molar-refractivity contribution in [2.45, 2.75) is 30.7 Å². The first-order valence-electron chi connectivity index (χ1n) is 9.53. The molecule has 1 aromatic heterocycles. The number of piperidine rings is 1. The molecule has 0 radical (unpaired) electrons. The van der Waals surface area contributed by atoms with Crippen LogP contribution in [-0.4, -0.2) is 42.0 Å². The molecule has 1 atom stereocenters. The minimum atomic E-state index is -3.73. The number of nitrogens with zero attached hydrogens (tertiary/aromatic N) is 3. The Bertz CT molecular complexity index is 1110. The molecule has 1 saturated heterocycles. The normalized spacial score (nSPS) is 17.3. The number of benzene rings is 2. The highest BCUT2D eigenvalue weighted by Gasteiger charge is 2.34. The van der Waals surface area contributed by atoms with Gasteiger partial charge in [-0.05, 0) is 47.8 Å². The molecule has 0 unspecified atom stereocenters. The van der Waals surface area contributed by atoms with Crippen molar-refractivity contribution in [3.05, 3.63) is 54.1 Å². The Morgan fingerprint density at radius 2 is 1.83 bits per heavy atom. The summed E-state index contributed by atoms with van der Waals surface area (Å²) in [7, 11) is -3.73. The van der Waals surface area contributed by atoms with Crippen LogP contribution in [0.4, 0.5) is 0 Å². The van der Waals surface area contributed by atoms with E-state index < -0.39 is 10.0 Å². The summed E-state index contributed by atoms with van der Waals surface area (Å²) in [6, 6.07) is 14.4. The lowest BCUT2D eigenvalue weighted by Crippen LogP contribution is -2.43. The predicted octanol–water partition coefficient (Wildman–Crippen LogP) is 2.50. The van der Waals surface area contributed by atoms with Crippen molar-refractivity contribution in [3.63, 3.8) is 0 Å². The van der Waals surface area contributed by atoms with Gasteiger partial charge in [-0.1, -0.05) is 36.4 Å². The number of amides is 1. The fraction of sp³-hybridized carbons (Fsp3) is 0.350. The van der Waals surface area contributed by atoms with E-state index in [0.717, 1.165) is 5.56 Å². The highest BCUT2D eigenvalue weighted by molar-refractivity contribution is 7.89. The molecule has 4 rings (SSSR count). The van der Waals surface area contributed by atoms with E-state index in [1.807, 2.05) is 37.3 Å². The number of carbonyl (C=O) groups is 1. The first-order chi connectivity index (χ1) is 14.0. The number of rotatable bonds is 5. The molecule has 1 N–H and O–H groups in total. The third kappa shape index (κ3) is 3.88. The van der Waals surface area contributed by atoms with Crippen LogP contribution in [0, 0.1) is 5.92 Å². The van der Waals surface area contributed by atoms with Crippen LogP contribution < -0.4 is 5.32 Å². The lowest BCUT2D eigenvalue weighted by Gasteiger charge is -2.31. The van der Waals surface area contributed by atoms with E-state index in [1.165, 1.54) is 10.4 Å². The van der Waals surface area contributed by atoms with Gasteiger partial charge in [-0.2, -0.15) is 4.31 Å². The number of hydrogen-bond donors (Lipinski definition) is 1. The van der Waals surface area contributed by atoms with Gasteiger partial charge in [-0.3, -0.25) is 4.79 Å². The molecular formula is C20H22N4O4S. The average molecular weight is 414 g/mol. The Labute approximate surface area is 168 Å². The quantitative estimate of drug-likeness (QED) is 0.688. The number of carbonyl (C=O) groups excluding carboxylic acids is 1. The molecule has 9 heteroatoms. The molecule has 1 aliphatic heterocycles. The second kappa shape index (κ2) is 7.92. The van der Waals surface area contributed by atoms with Gasteiger partial charge in [-0.25, -0.2) is 13.0 Å². The second-order valence-electron chi connectivity index (χ2n) is 7.21. The highest BCUT2D eigenvalue weighted by atomic mass is 32.2. The standard InChI is InChI=1S/C20H22N4O4S/c1-14(15-6-3-2-4-7-15)21-20(25)16-10-12-24(13-11-16)29(26,27)18-9-5-8-17-19(18)23-28-22-17/h2-9,14,16H,10-13H2,1H3,(H,21,25)/t14-/m1/s1. The van der Waals surface area contributed by atoms with Crippen molar-refractivity contribution >= 4 is 27.0 Å². The zero-order valence-electron chi connectivity index (χ0n) is 16.0. The van der Waals surface area contributed by atoms with Crippen molar-refractivity contribution in [1.29, 1.82) is 0 Å². The van der Waals surface area contributed by atoms with Crippen LogP contribution in [0.5, 0.6) is 0 Å². The van der Waals surface area contributed by atoms with E-state index in [2.05, 4.69) is 20.3 Å². The van der Waals surface area contributed by atoms with Gasteiger partial charge < -0.3 is 5.32 Å². The average Bonchev–Trinajstić information content (AvgIpc) is 3.23. The maximum atomic E-state index is 13.1. The van der Waals surface area contributed by atoms with E-state index in [-0.39, 0.29) is 41.4 Å². The van der Waals surface area contributed by atoms with Crippen LogP contribution in [-0.2, 0) is 14.8 Å². The van der Waals surface area contributed by atoms with Gasteiger partial charge in [-0.15, -0.1) is 0 Å². The molecule has 1 amide bonds. The smallest absolute Gasteiger partial charge is 0.245 e. The van der Waals surface area contributed by atoms with E-state index in [9.17, 15) is 13.2 Å². The van der Waals surface area contributed by atoms with Crippen molar-refractivity contribution in [2.75, 3.05) is 13.1 Å². The minimum absolute atomic E-state index is 0.0406. The summed E-state index contributed by atoms with van der Waals surface area (Å²) in [6.07, 6.45) is 0.944. The zero-order valence-corrected chi connectivity index (χ0v) is 16.8. The molecule has 0 spiro atoms. The Balaban J connectivity index is 1.41. The van der Waals surface area contributed by atoms with Gasteiger partial charge in [0.2, 0.25) is 15.9 Å². The fourth-order valence-electron chi connectivity index (χ4n) is 3.64. The number of aromatic nitrogens is 2. The third-order valence-corrected chi connectivity index (χ3v) is 7.28. The molecule has 1 fully saturated rings. The number of sulfonamides is 1. The summed E-state index contributed by atoms with van der Waals surface area (Å²) in [4.78, 5) is 12.7. The Kier molecular flexibility index (Phi) is 5.33. The Morgan fingerprint density at radius 1 is 1.10 bits per heavy atom. The van der Waals surface area contributed by atoms with Gasteiger partial charge >= 0.3 is 0 Å². The molecule has 29 heavy (non-hydrogen) atoms. The topological polar surface area (TPSA) is 105 Å². The second-order valence-corrected chi connectivity index (χ2v) is 9.11. The summed E-state index contributed by atoms with van der Waals surface area (Å²) in [6.45, 7) is 2.50. The SMILES string of the molecule is C[C@@H](NC(=O)C1CCN(S(=O)(=O)c2cccc3nonc23)CC1)c1ccccc1.